The van der Waals surface area contributed by atoms with Crippen molar-refractivity contribution in [3.8, 4) is 0 Å². The Morgan fingerprint density at radius 3 is 2.23 bits per heavy atom. The topological polar surface area (TPSA) is 84.7 Å². The van der Waals surface area contributed by atoms with E-state index in [-0.39, 0.29) is 6.61 Å². The molecule has 0 bridgehead atoms. The second kappa shape index (κ2) is 4.34. The van der Waals surface area contributed by atoms with E-state index in [9.17, 15) is 8.42 Å². The Hall–Kier alpha value is -0.210. The number of rotatable bonds is 5. The van der Waals surface area contributed by atoms with Crippen LogP contribution in [-0.4, -0.2) is 39.0 Å². The van der Waals surface area contributed by atoms with Crippen LogP contribution in [0.3, 0.4) is 0 Å². The van der Waals surface area contributed by atoms with Crippen molar-refractivity contribution in [2.75, 3.05) is 20.7 Å². The summed E-state index contributed by atoms with van der Waals surface area (Å²) in [5.41, 5.74) is -0.710. The van der Waals surface area contributed by atoms with Gasteiger partial charge in [-0.05, 0) is 13.8 Å². The molecule has 6 nitrogen and oxygen atoms in total. The third-order valence-electron chi connectivity index (χ3n) is 1.33. The molecule has 0 fully saturated rings. The summed E-state index contributed by atoms with van der Waals surface area (Å²) in [6.07, 6.45) is 0. The van der Waals surface area contributed by atoms with Crippen molar-refractivity contribution in [2.24, 2.45) is 5.90 Å². The van der Waals surface area contributed by atoms with E-state index in [0.717, 1.165) is 4.31 Å². The Kier molecular flexibility index (Phi) is 4.27. The molecular formula is C6H17N3O3S. The lowest BCUT2D eigenvalue weighted by atomic mass is 10.1. The highest BCUT2D eigenvalue weighted by Gasteiger charge is 2.26. The molecular weight excluding hydrogens is 194 g/mol. The van der Waals surface area contributed by atoms with Crippen molar-refractivity contribution in [3.63, 3.8) is 0 Å². The molecule has 80 valence electrons. The van der Waals surface area contributed by atoms with Crippen LogP contribution in [0.15, 0.2) is 0 Å². The van der Waals surface area contributed by atoms with E-state index in [1.54, 1.807) is 13.8 Å². The van der Waals surface area contributed by atoms with Crippen LogP contribution in [-0.2, 0) is 15.0 Å². The molecule has 0 amide bonds. The molecule has 0 saturated heterocycles. The van der Waals surface area contributed by atoms with Crippen LogP contribution in [0, 0.1) is 0 Å². The van der Waals surface area contributed by atoms with E-state index < -0.39 is 15.7 Å². The molecule has 0 aromatic heterocycles. The van der Waals surface area contributed by atoms with E-state index in [1.807, 2.05) is 0 Å². The Morgan fingerprint density at radius 2 is 1.92 bits per heavy atom. The zero-order valence-corrected chi connectivity index (χ0v) is 9.18. The summed E-state index contributed by atoms with van der Waals surface area (Å²) in [7, 11) is -0.538. The van der Waals surface area contributed by atoms with Gasteiger partial charge < -0.3 is 4.84 Å². The van der Waals surface area contributed by atoms with Crippen LogP contribution in [0.4, 0.5) is 0 Å². The van der Waals surface area contributed by atoms with E-state index >= 15 is 0 Å². The van der Waals surface area contributed by atoms with Gasteiger partial charge in [0, 0.05) is 14.1 Å². The van der Waals surface area contributed by atoms with E-state index in [0.29, 0.717) is 0 Å². The Balaban J connectivity index is 4.43. The number of nitrogens with zero attached hydrogens (tertiary/aromatic N) is 1. The lowest BCUT2D eigenvalue weighted by Crippen LogP contribution is -2.51. The van der Waals surface area contributed by atoms with Gasteiger partial charge >= 0.3 is 0 Å². The van der Waals surface area contributed by atoms with Gasteiger partial charge in [0.2, 0.25) is 0 Å². The van der Waals surface area contributed by atoms with Crippen molar-refractivity contribution < 1.29 is 13.3 Å². The molecule has 0 saturated carbocycles. The highest BCUT2D eigenvalue weighted by atomic mass is 32.2. The molecule has 0 unspecified atom stereocenters. The van der Waals surface area contributed by atoms with Crippen LogP contribution >= 0.6 is 0 Å². The number of nitrogens with two attached hydrogens (primary N) is 1. The number of hydrogen-bond acceptors (Lipinski definition) is 4. The average molecular weight is 211 g/mol. The van der Waals surface area contributed by atoms with E-state index in [4.69, 9.17) is 5.90 Å². The Labute approximate surface area is 79.2 Å². The maximum Gasteiger partial charge on any atom is 0.279 e. The molecule has 3 N–H and O–H groups in total. The molecule has 7 heteroatoms. The van der Waals surface area contributed by atoms with E-state index in [1.165, 1.54) is 14.1 Å². The van der Waals surface area contributed by atoms with Gasteiger partial charge in [0.15, 0.2) is 0 Å². The molecule has 0 radical (unpaired) electrons. The summed E-state index contributed by atoms with van der Waals surface area (Å²) in [4.78, 5) is 4.39. The van der Waals surface area contributed by atoms with Crippen molar-refractivity contribution >= 4 is 10.2 Å². The van der Waals surface area contributed by atoms with Gasteiger partial charge in [0.25, 0.3) is 10.2 Å². The maximum absolute atomic E-state index is 11.3. The summed E-state index contributed by atoms with van der Waals surface area (Å²) in [5.74, 6) is 4.86. The first-order valence-electron chi connectivity index (χ1n) is 3.74. The minimum Gasteiger partial charge on any atom is -0.303 e. The molecule has 0 aliphatic carbocycles. The highest BCUT2D eigenvalue weighted by Crippen LogP contribution is 2.05. The van der Waals surface area contributed by atoms with Crippen LogP contribution in [0.5, 0.6) is 0 Å². The molecule has 0 atom stereocenters. The van der Waals surface area contributed by atoms with Crippen LogP contribution in [0.1, 0.15) is 13.8 Å². The third kappa shape index (κ3) is 4.53. The van der Waals surface area contributed by atoms with Gasteiger partial charge in [-0.2, -0.15) is 17.4 Å². The maximum atomic E-state index is 11.3. The first-order valence-corrected chi connectivity index (χ1v) is 5.18. The molecule has 0 aliphatic rings. The lowest BCUT2D eigenvalue weighted by molar-refractivity contribution is 0.0923. The molecule has 0 aromatic carbocycles. The first-order chi connectivity index (χ1) is 5.71. The SMILES string of the molecule is CN(C)S(=O)(=O)NC(C)(C)CON. The largest absolute Gasteiger partial charge is 0.303 e. The van der Waals surface area contributed by atoms with Crippen molar-refractivity contribution in [1.82, 2.24) is 9.03 Å². The normalized spacial score (nSPS) is 13.7. The first kappa shape index (κ1) is 12.8. The fraction of sp³-hybridized carbons (Fsp3) is 1.00. The predicted octanol–water partition coefficient (Wildman–Crippen LogP) is -0.949. The smallest absolute Gasteiger partial charge is 0.279 e. The number of hydrogen-bond donors (Lipinski definition) is 2. The highest BCUT2D eigenvalue weighted by molar-refractivity contribution is 7.87. The van der Waals surface area contributed by atoms with E-state index in [2.05, 4.69) is 9.56 Å². The fourth-order valence-corrected chi connectivity index (χ4v) is 1.62. The fourth-order valence-electron chi connectivity index (χ4n) is 0.678. The van der Waals surface area contributed by atoms with Crippen LogP contribution in [0.25, 0.3) is 0 Å². The lowest BCUT2D eigenvalue weighted by Gasteiger charge is -2.26. The van der Waals surface area contributed by atoms with Gasteiger partial charge in [-0.25, -0.2) is 5.90 Å². The minimum atomic E-state index is -3.43. The molecule has 0 heterocycles. The standard InChI is InChI=1S/C6H17N3O3S/c1-6(2,5-12-7)8-13(10,11)9(3)4/h8H,5,7H2,1-4H3. The quantitative estimate of drug-likeness (QED) is 0.574. The summed E-state index contributed by atoms with van der Waals surface area (Å²) < 4.78 is 26.2. The Morgan fingerprint density at radius 1 is 1.46 bits per heavy atom. The molecule has 0 aliphatic heterocycles. The second-order valence-electron chi connectivity index (χ2n) is 3.58. The van der Waals surface area contributed by atoms with Crippen molar-refractivity contribution in [1.29, 1.82) is 0 Å². The summed E-state index contributed by atoms with van der Waals surface area (Å²) >= 11 is 0. The monoisotopic (exact) mass is 211 g/mol. The van der Waals surface area contributed by atoms with Crippen molar-refractivity contribution in [2.45, 2.75) is 19.4 Å². The zero-order chi connectivity index (χ0) is 10.7. The summed E-state index contributed by atoms with van der Waals surface area (Å²) in [6, 6.07) is 0. The average Bonchev–Trinajstić information content (AvgIpc) is 1.83. The second-order valence-corrected chi connectivity index (χ2v) is 5.47. The zero-order valence-electron chi connectivity index (χ0n) is 8.36. The minimum absolute atomic E-state index is 0.111. The molecule has 0 spiro atoms. The summed E-state index contributed by atoms with van der Waals surface area (Å²) in [6.45, 7) is 3.47. The number of nitrogens with one attached hydrogen (secondary N) is 1. The predicted molar refractivity (Wildman–Crippen MR) is 50.0 cm³/mol. The third-order valence-corrected chi connectivity index (χ3v) is 3.10. The summed E-state index contributed by atoms with van der Waals surface area (Å²) in [5, 5.41) is 0. The van der Waals surface area contributed by atoms with Gasteiger partial charge in [-0.1, -0.05) is 0 Å². The molecule has 13 heavy (non-hydrogen) atoms. The van der Waals surface area contributed by atoms with Gasteiger partial charge in [0.1, 0.15) is 0 Å². The van der Waals surface area contributed by atoms with Crippen LogP contribution < -0.4 is 10.6 Å². The molecule has 0 aromatic rings. The van der Waals surface area contributed by atoms with Crippen LogP contribution in [0.2, 0.25) is 0 Å². The van der Waals surface area contributed by atoms with Gasteiger partial charge in [-0.3, -0.25) is 0 Å². The molecule has 0 rings (SSSR count). The Bertz CT molecular complexity index is 248. The van der Waals surface area contributed by atoms with Gasteiger partial charge in [0.05, 0.1) is 12.1 Å². The van der Waals surface area contributed by atoms with Crippen molar-refractivity contribution in [3.05, 3.63) is 0 Å². The van der Waals surface area contributed by atoms with Gasteiger partial charge in [-0.15, -0.1) is 0 Å².